The summed E-state index contributed by atoms with van der Waals surface area (Å²) in [5, 5.41) is 18.0. The Kier molecular flexibility index (Phi) is 3.33. The summed E-state index contributed by atoms with van der Waals surface area (Å²) in [6.45, 7) is 0. The normalized spacial score (nSPS) is 10.1. The van der Waals surface area contributed by atoms with Crippen LogP contribution in [0.4, 0.5) is 5.95 Å². The number of hydrogen-bond donors (Lipinski definition) is 3. The van der Waals surface area contributed by atoms with Gasteiger partial charge in [-0.15, -0.1) is 5.10 Å². The van der Waals surface area contributed by atoms with Crippen LogP contribution in [-0.4, -0.2) is 33.3 Å². The number of carbonyl (C=O) groups is 1. The molecule has 7 nitrogen and oxygen atoms in total. The Morgan fingerprint density at radius 3 is 2.94 bits per heavy atom. The lowest BCUT2D eigenvalue weighted by Crippen LogP contribution is -2.12. The van der Waals surface area contributed by atoms with E-state index in [-0.39, 0.29) is 28.3 Å². The van der Waals surface area contributed by atoms with Crippen LogP contribution in [0.1, 0.15) is 10.4 Å². The molecule has 0 fully saturated rings. The number of nitrogens with one attached hydrogen (secondary N) is 2. The van der Waals surface area contributed by atoms with Gasteiger partial charge in [0.05, 0.1) is 12.1 Å². The number of aromatic nitrogens is 3. The van der Waals surface area contributed by atoms with Crippen LogP contribution in [0.3, 0.4) is 0 Å². The monoisotopic (exact) mass is 268 g/mol. The third-order valence-corrected chi connectivity index (χ3v) is 2.39. The highest BCUT2D eigenvalue weighted by atomic mass is 35.5. The lowest BCUT2D eigenvalue weighted by atomic mass is 10.2. The maximum Gasteiger partial charge on any atom is 0.336 e. The van der Waals surface area contributed by atoms with Gasteiger partial charge in [0.15, 0.2) is 0 Å². The van der Waals surface area contributed by atoms with E-state index in [4.69, 9.17) is 16.3 Å². The van der Waals surface area contributed by atoms with Crippen LogP contribution in [0.15, 0.2) is 18.2 Å². The number of aromatic amines is 1. The molecular weight excluding hydrogens is 260 g/mol. The summed E-state index contributed by atoms with van der Waals surface area (Å²) in [5.74, 6) is -0.369. The smallest absolute Gasteiger partial charge is 0.336 e. The van der Waals surface area contributed by atoms with Gasteiger partial charge < -0.3 is 9.84 Å². The number of phenols is 1. The van der Waals surface area contributed by atoms with Crippen molar-refractivity contribution in [3.63, 3.8) is 0 Å². The van der Waals surface area contributed by atoms with Crippen LogP contribution >= 0.6 is 11.6 Å². The molecule has 3 N–H and O–H groups in total. The summed E-state index contributed by atoms with van der Waals surface area (Å²) >= 11 is 5.70. The molecule has 1 amide bonds. The van der Waals surface area contributed by atoms with Crippen molar-refractivity contribution >= 4 is 23.5 Å². The fourth-order valence-electron chi connectivity index (χ4n) is 1.22. The molecule has 1 aromatic heterocycles. The molecule has 0 aliphatic carbocycles. The van der Waals surface area contributed by atoms with Gasteiger partial charge in [-0.2, -0.15) is 4.98 Å². The number of anilines is 1. The van der Waals surface area contributed by atoms with Crippen LogP contribution in [0.2, 0.25) is 5.02 Å². The van der Waals surface area contributed by atoms with Crippen LogP contribution in [0.25, 0.3) is 0 Å². The number of halogens is 1. The topological polar surface area (TPSA) is 100 Å². The number of aromatic hydroxyl groups is 1. The third kappa shape index (κ3) is 2.51. The number of carbonyl (C=O) groups excluding carboxylic acids is 1. The van der Waals surface area contributed by atoms with Gasteiger partial charge in [-0.05, 0) is 18.2 Å². The average Bonchev–Trinajstić information content (AvgIpc) is 2.80. The minimum absolute atomic E-state index is 0.0884. The number of nitrogens with zero attached hydrogens (tertiary/aromatic N) is 2. The summed E-state index contributed by atoms with van der Waals surface area (Å²) in [7, 11) is 1.41. The summed E-state index contributed by atoms with van der Waals surface area (Å²) in [6, 6.07) is 4.23. The van der Waals surface area contributed by atoms with E-state index in [1.54, 1.807) is 0 Å². The molecular formula is C10H9ClN4O3. The maximum absolute atomic E-state index is 11.8. The van der Waals surface area contributed by atoms with E-state index in [2.05, 4.69) is 20.5 Å². The highest BCUT2D eigenvalue weighted by Crippen LogP contribution is 2.23. The van der Waals surface area contributed by atoms with Gasteiger partial charge in [-0.25, -0.2) is 5.10 Å². The average molecular weight is 269 g/mol. The largest absolute Gasteiger partial charge is 0.506 e. The molecule has 94 valence electrons. The number of H-pyrrole nitrogens is 1. The molecule has 0 atom stereocenters. The van der Waals surface area contributed by atoms with Crippen LogP contribution in [0.5, 0.6) is 11.8 Å². The number of benzene rings is 1. The van der Waals surface area contributed by atoms with Crippen molar-refractivity contribution in [1.82, 2.24) is 15.2 Å². The molecule has 0 bridgehead atoms. The Hall–Kier alpha value is -2.28. The second kappa shape index (κ2) is 4.92. The number of ether oxygens (including phenoxy) is 1. The summed E-state index contributed by atoms with van der Waals surface area (Å²) in [4.78, 5) is 15.6. The standard InChI is InChI=1S/C10H9ClN4O3/c1-18-10-13-9(14-15-10)12-8(17)5-2-3-7(16)6(11)4-5/h2-4,16H,1H3,(H2,12,13,14,15,17). The molecule has 1 aromatic carbocycles. The minimum Gasteiger partial charge on any atom is -0.506 e. The molecule has 0 aliphatic rings. The van der Waals surface area contributed by atoms with Crippen LogP contribution < -0.4 is 10.1 Å². The van der Waals surface area contributed by atoms with E-state index in [1.807, 2.05) is 0 Å². The van der Waals surface area contributed by atoms with E-state index in [1.165, 1.54) is 25.3 Å². The van der Waals surface area contributed by atoms with Crippen LogP contribution in [0, 0.1) is 0 Å². The zero-order valence-electron chi connectivity index (χ0n) is 9.27. The number of hydrogen-bond acceptors (Lipinski definition) is 5. The van der Waals surface area contributed by atoms with Crippen molar-refractivity contribution < 1.29 is 14.6 Å². The molecule has 0 unspecified atom stereocenters. The molecule has 0 radical (unpaired) electrons. The van der Waals surface area contributed by atoms with E-state index in [0.717, 1.165) is 0 Å². The zero-order valence-corrected chi connectivity index (χ0v) is 10.0. The first kappa shape index (κ1) is 12.2. The maximum atomic E-state index is 11.8. The number of rotatable bonds is 3. The summed E-state index contributed by atoms with van der Waals surface area (Å²) in [5.41, 5.74) is 0.285. The Bertz CT molecular complexity index is 584. The molecule has 0 saturated heterocycles. The van der Waals surface area contributed by atoms with E-state index >= 15 is 0 Å². The minimum atomic E-state index is -0.435. The molecule has 0 saturated carbocycles. The fraction of sp³-hybridized carbons (Fsp3) is 0.100. The lowest BCUT2D eigenvalue weighted by molar-refractivity contribution is 0.102. The highest BCUT2D eigenvalue weighted by molar-refractivity contribution is 6.32. The molecule has 18 heavy (non-hydrogen) atoms. The van der Waals surface area contributed by atoms with Crippen molar-refractivity contribution in [2.24, 2.45) is 0 Å². The first-order valence-corrected chi connectivity index (χ1v) is 5.24. The number of phenolic OH excluding ortho intramolecular Hbond substituents is 1. The second-order valence-corrected chi connectivity index (χ2v) is 3.70. The summed E-state index contributed by atoms with van der Waals surface area (Å²) in [6.07, 6.45) is 0. The Labute approximate surface area is 107 Å². The second-order valence-electron chi connectivity index (χ2n) is 3.29. The molecule has 0 spiro atoms. The molecule has 2 aromatic rings. The Balaban J connectivity index is 2.14. The van der Waals surface area contributed by atoms with Gasteiger partial charge in [-0.1, -0.05) is 11.6 Å². The molecule has 2 rings (SSSR count). The SMILES string of the molecule is COc1n[nH]c(NC(=O)c2ccc(O)c(Cl)c2)n1. The zero-order chi connectivity index (χ0) is 13.1. The van der Waals surface area contributed by atoms with Crippen LogP contribution in [-0.2, 0) is 0 Å². The van der Waals surface area contributed by atoms with E-state index in [9.17, 15) is 9.90 Å². The van der Waals surface area contributed by atoms with Crippen molar-refractivity contribution in [2.75, 3.05) is 12.4 Å². The number of methoxy groups -OCH3 is 1. The van der Waals surface area contributed by atoms with Crippen molar-refractivity contribution in [3.05, 3.63) is 28.8 Å². The predicted molar refractivity (Wildman–Crippen MR) is 64.0 cm³/mol. The van der Waals surface area contributed by atoms with Gasteiger partial charge in [0, 0.05) is 5.56 Å². The molecule has 1 heterocycles. The molecule has 8 heteroatoms. The first-order chi connectivity index (χ1) is 8.60. The highest BCUT2D eigenvalue weighted by Gasteiger charge is 2.11. The van der Waals surface area contributed by atoms with Gasteiger partial charge in [0.1, 0.15) is 5.75 Å². The lowest BCUT2D eigenvalue weighted by Gasteiger charge is -2.02. The van der Waals surface area contributed by atoms with Gasteiger partial charge in [-0.3, -0.25) is 10.1 Å². The Morgan fingerprint density at radius 1 is 1.56 bits per heavy atom. The van der Waals surface area contributed by atoms with Crippen molar-refractivity contribution in [3.8, 4) is 11.8 Å². The summed E-state index contributed by atoms with van der Waals surface area (Å²) < 4.78 is 4.76. The third-order valence-electron chi connectivity index (χ3n) is 2.09. The van der Waals surface area contributed by atoms with Crippen molar-refractivity contribution in [1.29, 1.82) is 0 Å². The van der Waals surface area contributed by atoms with E-state index < -0.39 is 5.91 Å². The van der Waals surface area contributed by atoms with Gasteiger partial charge >= 0.3 is 6.01 Å². The Morgan fingerprint density at radius 2 is 2.33 bits per heavy atom. The van der Waals surface area contributed by atoms with Gasteiger partial charge in [0.25, 0.3) is 5.91 Å². The quantitative estimate of drug-likeness (QED) is 0.782. The molecule has 0 aliphatic heterocycles. The van der Waals surface area contributed by atoms with Gasteiger partial charge in [0.2, 0.25) is 5.95 Å². The fourth-order valence-corrected chi connectivity index (χ4v) is 1.40. The predicted octanol–water partition coefficient (Wildman–Crippen LogP) is 1.42. The van der Waals surface area contributed by atoms with E-state index in [0.29, 0.717) is 0 Å². The van der Waals surface area contributed by atoms with Crippen molar-refractivity contribution in [2.45, 2.75) is 0 Å². The number of amides is 1. The first-order valence-electron chi connectivity index (χ1n) is 4.86.